The summed E-state index contributed by atoms with van der Waals surface area (Å²) in [5, 5.41) is 2.74. The van der Waals surface area contributed by atoms with Crippen molar-refractivity contribution < 1.29 is 9.53 Å². The van der Waals surface area contributed by atoms with Gasteiger partial charge in [-0.2, -0.15) is 0 Å². The molecule has 1 amide bonds. The van der Waals surface area contributed by atoms with Gasteiger partial charge < -0.3 is 15.8 Å². The van der Waals surface area contributed by atoms with Crippen LogP contribution in [0.25, 0.3) is 0 Å². The molecule has 0 radical (unpaired) electrons. The molecule has 0 aliphatic carbocycles. The van der Waals surface area contributed by atoms with E-state index in [4.69, 9.17) is 10.5 Å². The Hall–Kier alpha value is -1.85. The van der Waals surface area contributed by atoms with Crippen molar-refractivity contribution in [3.05, 3.63) is 52.5 Å². The van der Waals surface area contributed by atoms with Gasteiger partial charge in [-0.25, -0.2) is 0 Å². The molecule has 2 rings (SSSR count). The zero-order chi connectivity index (χ0) is 15.4. The van der Waals surface area contributed by atoms with E-state index in [-0.39, 0.29) is 11.9 Å². The molecular weight excluding hydrogens is 332 g/mol. The SMILES string of the molecule is CC(=O)Nc1ccccc1Oc1ccc([C@@H](C)N)cc1Br. The third-order valence-corrected chi connectivity index (χ3v) is 3.52. The summed E-state index contributed by atoms with van der Waals surface area (Å²) in [6.07, 6.45) is 0. The Kier molecular flexibility index (Phi) is 4.98. The molecule has 3 N–H and O–H groups in total. The minimum atomic E-state index is -0.141. The number of carbonyl (C=O) groups excluding carboxylic acids is 1. The van der Waals surface area contributed by atoms with Gasteiger partial charge in [-0.15, -0.1) is 0 Å². The Morgan fingerprint density at radius 3 is 2.57 bits per heavy atom. The van der Waals surface area contributed by atoms with Crippen LogP contribution in [0.5, 0.6) is 11.5 Å². The average molecular weight is 349 g/mol. The van der Waals surface area contributed by atoms with Crippen LogP contribution in [0.1, 0.15) is 25.5 Å². The number of para-hydroxylation sites is 2. The maximum Gasteiger partial charge on any atom is 0.221 e. The lowest BCUT2D eigenvalue weighted by Gasteiger charge is -2.14. The fraction of sp³-hybridized carbons (Fsp3) is 0.188. The molecule has 0 heterocycles. The monoisotopic (exact) mass is 348 g/mol. The molecule has 2 aromatic rings. The predicted octanol–water partition coefficient (Wildman–Crippen LogP) is 4.22. The van der Waals surface area contributed by atoms with Crippen LogP contribution in [0.2, 0.25) is 0 Å². The van der Waals surface area contributed by atoms with E-state index in [0.717, 1.165) is 10.0 Å². The third-order valence-electron chi connectivity index (χ3n) is 2.90. The van der Waals surface area contributed by atoms with Crippen LogP contribution in [0.4, 0.5) is 5.69 Å². The molecule has 0 saturated heterocycles. The molecule has 0 aromatic heterocycles. The first-order valence-electron chi connectivity index (χ1n) is 6.57. The highest BCUT2D eigenvalue weighted by molar-refractivity contribution is 9.10. The van der Waals surface area contributed by atoms with Gasteiger partial charge in [0.15, 0.2) is 5.75 Å². The largest absolute Gasteiger partial charge is 0.454 e. The van der Waals surface area contributed by atoms with Gasteiger partial charge in [0.05, 0.1) is 10.2 Å². The highest BCUT2D eigenvalue weighted by Crippen LogP contribution is 2.34. The lowest BCUT2D eigenvalue weighted by atomic mass is 10.1. The molecule has 0 bridgehead atoms. The number of carbonyl (C=O) groups is 1. The molecule has 21 heavy (non-hydrogen) atoms. The van der Waals surface area contributed by atoms with Gasteiger partial charge in [0.1, 0.15) is 5.75 Å². The van der Waals surface area contributed by atoms with Gasteiger partial charge in [-0.3, -0.25) is 4.79 Å². The van der Waals surface area contributed by atoms with Gasteiger partial charge >= 0.3 is 0 Å². The number of nitrogens with two attached hydrogens (primary N) is 1. The van der Waals surface area contributed by atoms with E-state index in [0.29, 0.717) is 17.2 Å². The Bertz CT molecular complexity index is 656. The van der Waals surface area contributed by atoms with Crippen LogP contribution in [-0.4, -0.2) is 5.91 Å². The van der Waals surface area contributed by atoms with Gasteiger partial charge in [0, 0.05) is 13.0 Å². The van der Waals surface area contributed by atoms with E-state index < -0.39 is 0 Å². The molecule has 5 heteroatoms. The first-order valence-corrected chi connectivity index (χ1v) is 7.36. The molecular formula is C16H17BrN2O2. The smallest absolute Gasteiger partial charge is 0.221 e. The topological polar surface area (TPSA) is 64.3 Å². The van der Waals surface area contributed by atoms with E-state index in [1.807, 2.05) is 37.3 Å². The van der Waals surface area contributed by atoms with Crippen LogP contribution in [-0.2, 0) is 4.79 Å². The van der Waals surface area contributed by atoms with Crippen LogP contribution < -0.4 is 15.8 Å². The van der Waals surface area contributed by atoms with Crippen molar-refractivity contribution in [1.29, 1.82) is 0 Å². The molecule has 0 aliphatic rings. The second kappa shape index (κ2) is 6.74. The van der Waals surface area contributed by atoms with Crippen molar-refractivity contribution in [2.75, 3.05) is 5.32 Å². The summed E-state index contributed by atoms with van der Waals surface area (Å²) in [7, 11) is 0. The summed E-state index contributed by atoms with van der Waals surface area (Å²) in [6.45, 7) is 3.39. The second-order valence-corrected chi connectivity index (χ2v) is 5.61. The van der Waals surface area contributed by atoms with Crippen LogP contribution in [0, 0.1) is 0 Å². The van der Waals surface area contributed by atoms with E-state index in [1.165, 1.54) is 6.92 Å². The number of anilines is 1. The van der Waals surface area contributed by atoms with Gasteiger partial charge in [0.2, 0.25) is 5.91 Å². The summed E-state index contributed by atoms with van der Waals surface area (Å²) in [5.41, 5.74) is 7.51. The van der Waals surface area contributed by atoms with Crippen LogP contribution in [0.15, 0.2) is 46.9 Å². The highest BCUT2D eigenvalue weighted by Gasteiger charge is 2.09. The number of hydrogen-bond donors (Lipinski definition) is 2. The third kappa shape index (κ3) is 4.06. The van der Waals surface area contributed by atoms with Crippen molar-refractivity contribution in [1.82, 2.24) is 0 Å². The number of hydrogen-bond acceptors (Lipinski definition) is 3. The molecule has 0 saturated carbocycles. The zero-order valence-electron chi connectivity index (χ0n) is 11.9. The fourth-order valence-electron chi connectivity index (χ4n) is 1.85. The van der Waals surface area contributed by atoms with Crippen molar-refractivity contribution >= 4 is 27.5 Å². The molecule has 2 aromatic carbocycles. The van der Waals surface area contributed by atoms with Crippen molar-refractivity contribution in [2.45, 2.75) is 19.9 Å². The van der Waals surface area contributed by atoms with E-state index in [1.54, 1.807) is 12.1 Å². The fourth-order valence-corrected chi connectivity index (χ4v) is 2.33. The summed E-state index contributed by atoms with van der Waals surface area (Å²) in [4.78, 5) is 11.2. The van der Waals surface area contributed by atoms with E-state index in [2.05, 4.69) is 21.2 Å². The Balaban J connectivity index is 2.28. The molecule has 4 nitrogen and oxygen atoms in total. The van der Waals surface area contributed by atoms with Gasteiger partial charge in [-0.1, -0.05) is 18.2 Å². The quantitative estimate of drug-likeness (QED) is 0.869. The number of amides is 1. The normalized spacial score (nSPS) is 11.8. The standard InChI is InChI=1S/C16H17BrN2O2/c1-10(18)12-7-8-15(13(17)9-12)21-16-6-4-3-5-14(16)19-11(2)20/h3-10H,18H2,1-2H3,(H,19,20)/t10-/m1/s1. The van der Waals surface area contributed by atoms with E-state index in [9.17, 15) is 4.79 Å². The number of rotatable bonds is 4. The predicted molar refractivity (Wildman–Crippen MR) is 87.6 cm³/mol. The Labute approximate surface area is 132 Å². The number of nitrogens with one attached hydrogen (secondary N) is 1. The van der Waals surface area contributed by atoms with Crippen molar-refractivity contribution in [3.8, 4) is 11.5 Å². The molecule has 0 aliphatic heterocycles. The first-order chi connectivity index (χ1) is 9.97. The average Bonchev–Trinajstić information content (AvgIpc) is 2.42. The number of benzene rings is 2. The maximum atomic E-state index is 11.2. The molecule has 0 fully saturated rings. The lowest BCUT2D eigenvalue weighted by molar-refractivity contribution is -0.114. The maximum absolute atomic E-state index is 11.2. The number of halogens is 1. The second-order valence-electron chi connectivity index (χ2n) is 4.76. The van der Waals surface area contributed by atoms with Gasteiger partial charge in [0.25, 0.3) is 0 Å². The zero-order valence-corrected chi connectivity index (χ0v) is 13.5. The highest BCUT2D eigenvalue weighted by atomic mass is 79.9. The summed E-state index contributed by atoms with van der Waals surface area (Å²) < 4.78 is 6.69. The lowest BCUT2D eigenvalue weighted by Crippen LogP contribution is -2.07. The minimum absolute atomic E-state index is 0.0398. The summed E-state index contributed by atoms with van der Waals surface area (Å²) in [6, 6.07) is 13.0. The number of ether oxygens (including phenoxy) is 1. The molecule has 0 unspecified atom stereocenters. The van der Waals surface area contributed by atoms with E-state index >= 15 is 0 Å². The van der Waals surface area contributed by atoms with Crippen molar-refractivity contribution in [2.24, 2.45) is 5.73 Å². The van der Waals surface area contributed by atoms with Crippen molar-refractivity contribution in [3.63, 3.8) is 0 Å². The molecule has 1 atom stereocenters. The summed E-state index contributed by atoms with van der Waals surface area (Å²) >= 11 is 3.48. The first kappa shape index (κ1) is 15.5. The molecule has 110 valence electrons. The minimum Gasteiger partial charge on any atom is -0.454 e. The van der Waals surface area contributed by atoms with Crippen LogP contribution in [0.3, 0.4) is 0 Å². The molecule has 0 spiro atoms. The van der Waals surface area contributed by atoms with Gasteiger partial charge in [-0.05, 0) is 52.7 Å². The Morgan fingerprint density at radius 2 is 1.95 bits per heavy atom. The Morgan fingerprint density at radius 1 is 1.24 bits per heavy atom. The summed E-state index contributed by atoms with van der Waals surface area (Å²) in [5.74, 6) is 1.11. The van der Waals surface area contributed by atoms with Crippen LogP contribution >= 0.6 is 15.9 Å².